The quantitative estimate of drug-likeness (QED) is 0.381. The van der Waals surface area contributed by atoms with Crippen molar-refractivity contribution in [3.8, 4) is 0 Å². The van der Waals surface area contributed by atoms with Crippen molar-refractivity contribution in [1.29, 1.82) is 0 Å². The summed E-state index contributed by atoms with van der Waals surface area (Å²) in [7, 11) is 0. The molecule has 0 fully saturated rings. The summed E-state index contributed by atoms with van der Waals surface area (Å²) in [6.45, 7) is 0. The molecule has 0 aromatic heterocycles. The Morgan fingerprint density at radius 2 is 0.333 bits per heavy atom. The van der Waals surface area contributed by atoms with Gasteiger partial charge in [0.15, 0.2) is 0 Å². The van der Waals surface area contributed by atoms with Crippen LogP contribution in [0.4, 0.5) is 0 Å². The Hall–Kier alpha value is 4.86. The largest absolute Gasteiger partial charge is 0 e. The second-order valence-electron chi connectivity index (χ2n) is 0. The van der Waals surface area contributed by atoms with Crippen molar-refractivity contribution in [3.63, 3.8) is 0 Å². The van der Waals surface area contributed by atoms with Gasteiger partial charge in [0, 0.05) is 158 Å². The van der Waals surface area contributed by atoms with Gasteiger partial charge in [-0.1, -0.05) is 0 Å². The van der Waals surface area contributed by atoms with Crippen LogP contribution in [0.5, 0.6) is 0 Å². The van der Waals surface area contributed by atoms with Gasteiger partial charge in [0.1, 0.15) is 0 Å². The van der Waals surface area contributed by atoms with Crippen molar-refractivity contribution in [2.24, 2.45) is 0 Å². The average Bonchev–Trinajstić information content (AvgIpc) is 0. The number of hydrogen-bond donors (Lipinski definition) is 0. The fraction of sp³-hybridized carbons (Fsp3) is 0. The summed E-state index contributed by atoms with van der Waals surface area (Å²) in [5, 5.41) is 0. The zero-order valence-electron chi connectivity index (χ0n) is 3.29. The molecule has 0 atom stereocenters. The molecule has 0 saturated carbocycles. The van der Waals surface area contributed by atoms with E-state index in [9.17, 15) is 0 Å². The summed E-state index contributed by atoms with van der Waals surface area (Å²) in [4.78, 5) is 0. The Morgan fingerprint density at radius 1 is 0.333 bits per heavy atom. The van der Waals surface area contributed by atoms with Gasteiger partial charge in [-0.2, -0.15) is 0 Å². The Morgan fingerprint density at radius 3 is 0.333 bits per heavy atom. The van der Waals surface area contributed by atoms with Gasteiger partial charge in [-0.05, 0) is 0 Å². The number of rotatable bonds is 0. The van der Waals surface area contributed by atoms with E-state index < -0.39 is 0 Å². The van der Waals surface area contributed by atoms with Gasteiger partial charge < -0.3 is 0 Å². The van der Waals surface area contributed by atoms with Gasteiger partial charge >= 0.3 is 0 Å². The normalized spacial score (nSPS) is 0. The van der Waals surface area contributed by atoms with E-state index in [4.69, 9.17) is 0 Å². The van der Waals surface area contributed by atoms with Crippen LogP contribution < -0.4 is 0 Å². The third-order valence-corrected chi connectivity index (χ3v) is 0. The molecule has 0 nitrogen and oxygen atoms in total. The zero-order chi connectivity index (χ0) is 0. The van der Waals surface area contributed by atoms with Crippen LogP contribution in [0.2, 0.25) is 0 Å². The summed E-state index contributed by atoms with van der Waals surface area (Å²) in [6.07, 6.45) is 0. The van der Waals surface area contributed by atoms with Gasteiger partial charge in [-0.3, -0.25) is 0 Å². The Labute approximate surface area is 155 Å². The van der Waals surface area contributed by atoms with E-state index in [1.807, 2.05) is 0 Å². The third-order valence-electron chi connectivity index (χ3n) is 0. The first-order valence-corrected chi connectivity index (χ1v) is 0. The van der Waals surface area contributed by atoms with E-state index >= 15 is 0 Å². The molecule has 0 rings (SSSR count). The minimum atomic E-state index is 0. The second kappa shape index (κ2) is 76.6. The Balaban J connectivity index is 0. The van der Waals surface area contributed by atoms with Crippen molar-refractivity contribution in [2.75, 3.05) is 0 Å². The molecule has 0 aromatic carbocycles. The summed E-state index contributed by atoms with van der Waals surface area (Å²) in [6, 6.07) is 0. The Kier molecular flexibility index (Phi) is 827. The standard InChI is InChI=1S/Cr.7Fe.Mo. The van der Waals surface area contributed by atoms with Crippen molar-refractivity contribution >= 4 is 0 Å². The van der Waals surface area contributed by atoms with Crippen LogP contribution in [0.15, 0.2) is 0 Å². The molecule has 0 spiro atoms. The average molecular weight is 539 g/mol. The minimum Gasteiger partial charge on any atom is 0 e. The molecule has 9 heteroatoms. The van der Waals surface area contributed by atoms with E-state index in [0.29, 0.717) is 0 Å². The van der Waals surface area contributed by atoms with Crippen LogP contribution in [0.25, 0.3) is 0 Å². The van der Waals surface area contributed by atoms with Gasteiger partial charge in [0.05, 0.1) is 0 Å². The maximum absolute atomic E-state index is 0. The summed E-state index contributed by atoms with van der Waals surface area (Å²) in [5.41, 5.74) is 0. The molecule has 0 amide bonds. The SMILES string of the molecule is [Cr].[Fe].[Fe].[Fe].[Fe].[Fe].[Fe].[Fe].[Mo]. The van der Waals surface area contributed by atoms with E-state index in [-0.39, 0.29) is 158 Å². The molecule has 0 aliphatic rings. The smallest absolute Gasteiger partial charge is 0 e. The van der Waals surface area contributed by atoms with E-state index in [0.717, 1.165) is 0 Å². The first kappa shape index (κ1) is 97.1. The molecule has 0 aliphatic heterocycles. The van der Waals surface area contributed by atoms with Crippen LogP contribution >= 0.6 is 0 Å². The Bertz CT molecular complexity index is 8.88. The van der Waals surface area contributed by atoms with E-state index in [1.165, 1.54) is 0 Å². The fourth-order valence-corrected chi connectivity index (χ4v) is 0. The topological polar surface area (TPSA) is 0 Å². The van der Waals surface area contributed by atoms with Crippen LogP contribution in [0, 0.1) is 0 Å². The monoisotopic (exact) mass is 541 g/mol. The molecule has 0 N–H and O–H groups in total. The van der Waals surface area contributed by atoms with Crippen LogP contribution in [0.1, 0.15) is 0 Å². The van der Waals surface area contributed by atoms with Crippen LogP contribution in [0.3, 0.4) is 0 Å². The molecule has 9 heavy (non-hydrogen) atoms. The van der Waals surface area contributed by atoms with Gasteiger partial charge in [-0.25, -0.2) is 0 Å². The van der Waals surface area contributed by atoms with Gasteiger partial charge in [0.25, 0.3) is 0 Å². The molecular weight excluding hydrogens is 539 g/mol. The van der Waals surface area contributed by atoms with Gasteiger partial charge in [0.2, 0.25) is 0 Å². The fourth-order valence-electron chi connectivity index (χ4n) is 0. The van der Waals surface area contributed by atoms with Crippen LogP contribution in [-0.4, -0.2) is 0 Å². The van der Waals surface area contributed by atoms with Crippen molar-refractivity contribution in [2.45, 2.75) is 0 Å². The molecule has 0 aromatic rings. The number of hydrogen-bond acceptors (Lipinski definition) is 0. The summed E-state index contributed by atoms with van der Waals surface area (Å²) >= 11 is 0. The minimum absolute atomic E-state index is 0. The maximum atomic E-state index is 0. The molecular formula is CrFe7Mo. The molecule has 0 radical (unpaired) electrons. The van der Waals surface area contributed by atoms with Crippen molar-refractivity contribution in [3.05, 3.63) is 0 Å². The predicted molar refractivity (Wildman–Crippen MR) is 0 cm³/mol. The molecule has 0 unspecified atom stereocenters. The first-order chi connectivity index (χ1) is 0. The summed E-state index contributed by atoms with van der Waals surface area (Å²) < 4.78 is 0. The van der Waals surface area contributed by atoms with Crippen molar-refractivity contribution < 1.29 is 158 Å². The van der Waals surface area contributed by atoms with Crippen LogP contribution in [-0.2, 0) is 158 Å². The predicted octanol–water partition coefficient (Wildman–Crippen LogP) is -0.0225. The molecule has 0 heterocycles. The van der Waals surface area contributed by atoms with E-state index in [2.05, 4.69) is 0 Å². The molecule has 0 aliphatic carbocycles. The third kappa shape index (κ3) is 64.2. The molecule has 0 bridgehead atoms. The van der Waals surface area contributed by atoms with Gasteiger partial charge in [-0.15, -0.1) is 0 Å². The molecule has 0 saturated heterocycles. The zero-order valence-corrected chi connectivity index (χ0v) is 14.3. The first-order valence-electron chi connectivity index (χ1n) is 0. The second-order valence-corrected chi connectivity index (χ2v) is 0. The van der Waals surface area contributed by atoms with E-state index in [1.54, 1.807) is 0 Å². The summed E-state index contributed by atoms with van der Waals surface area (Å²) in [5.74, 6) is 0. The molecule has 68 valence electrons. The van der Waals surface area contributed by atoms with Crippen molar-refractivity contribution in [1.82, 2.24) is 0 Å². The maximum Gasteiger partial charge on any atom is 0 e.